The maximum atomic E-state index is 11.1. The molecule has 0 saturated carbocycles. The molecule has 0 fully saturated rings. The van der Waals surface area contributed by atoms with Crippen molar-refractivity contribution in [2.45, 2.75) is 105 Å². The van der Waals surface area contributed by atoms with Gasteiger partial charge in [-0.3, -0.25) is 0 Å². The molecule has 10 rings (SSSR count). The van der Waals surface area contributed by atoms with Gasteiger partial charge in [0.15, 0.2) is 17.5 Å². The fourth-order valence-electron chi connectivity index (χ4n) is 10.2. The number of hydrogen-bond acceptors (Lipinski definition) is 4. The molecular formula is C62H60N6. The van der Waals surface area contributed by atoms with Crippen LogP contribution in [0, 0.1) is 11.3 Å². The lowest BCUT2D eigenvalue weighted by Gasteiger charge is -2.14. The Morgan fingerprint density at radius 2 is 0.838 bits per heavy atom. The highest BCUT2D eigenvalue weighted by molar-refractivity contribution is 6.29. The molecule has 10 aromatic rings. The first-order chi connectivity index (χ1) is 33.5. The van der Waals surface area contributed by atoms with Gasteiger partial charge in [-0.05, 0) is 152 Å². The predicted molar refractivity (Wildman–Crippen MR) is 284 cm³/mol. The molecule has 338 valence electrons. The number of aryl methyl sites for hydroxylation is 4. The molecule has 6 heteroatoms. The average molecular weight is 889 g/mol. The van der Waals surface area contributed by atoms with Gasteiger partial charge < -0.3 is 9.13 Å². The van der Waals surface area contributed by atoms with E-state index in [-0.39, 0.29) is 0 Å². The minimum atomic E-state index is 0.548. The van der Waals surface area contributed by atoms with Crippen molar-refractivity contribution in [1.82, 2.24) is 24.1 Å². The normalized spacial score (nSPS) is 11.6. The first kappa shape index (κ1) is 44.5. The third kappa shape index (κ3) is 8.59. The van der Waals surface area contributed by atoms with Crippen LogP contribution in [0.2, 0.25) is 0 Å². The van der Waals surface area contributed by atoms with E-state index in [1.165, 1.54) is 38.4 Å². The Bertz CT molecular complexity index is 3340. The largest absolute Gasteiger partial charge is 0.309 e. The molecule has 0 aliphatic heterocycles. The van der Waals surface area contributed by atoms with Crippen LogP contribution in [0.4, 0.5) is 0 Å². The Morgan fingerprint density at radius 1 is 0.412 bits per heavy atom. The summed E-state index contributed by atoms with van der Waals surface area (Å²) in [6.07, 6.45) is 13.1. The van der Waals surface area contributed by atoms with Crippen LogP contribution < -0.4 is 0 Å². The summed E-state index contributed by atoms with van der Waals surface area (Å²) in [5, 5.41) is 15.8. The van der Waals surface area contributed by atoms with Crippen molar-refractivity contribution < 1.29 is 0 Å². The van der Waals surface area contributed by atoms with Gasteiger partial charge in [0.25, 0.3) is 0 Å². The monoisotopic (exact) mass is 888 g/mol. The summed E-state index contributed by atoms with van der Waals surface area (Å²) in [6.45, 7) is 9.01. The summed E-state index contributed by atoms with van der Waals surface area (Å²) in [5.74, 6) is 1.89. The Balaban J connectivity index is 1.16. The Hall–Kier alpha value is -7.36. The number of aromatic nitrogens is 5. The molecule has 0 spiro atoms. The van der Waals surface area contributed by atoms with E-state index in [0.29, 0.717) is 23.0 Å². The van der Waals surface area contributed by atoms with Crippen LogP contribution in [-0.4, -0.2) is 24.1 Å². The van der Waals surface area contributed by atoms with Crippen molar-refractivity contribution in [2.24, 2.45) is 0 Å². The van der Waals surface area contributed by atoms with Gasteiger partial charge in [-0.2, -0.15) is 5.26 Å². The Kier molecular flexibility index (Phi) is 13.0. The molecule has 3 aromatic heterocycles. The Labute approximate surface area is 401 Å². The van der Waals surface area contributed by atoms with Crippen molar-refractivity contribution in [2.75, 3.05) is 0 Å². The van der Waals surface area contributed by atoms with Gasteiger partial charge in [0.2, 0.25) is 0 Å². The summed E-state index contributed by atoms with van der Waals surface area (Å²) in [7, 11) is 0. The number of nitrogens with zero attached hydrogens (tertiary/aromatic N) is 6. The molecule has 0 aliphatic carbocycles. The molecule has 0 atom stereocenters. The summed E-state index contributed by atoms with van der Waals surface area (Å²) < 4.78 is 4.63. The second-order valence-electron chi connectivity index (χ2n) is 18.5. The van der Waals surface area contributed by atoms with E-state index in [0.717, 1.165) is 133 Å². The van der Waals surface area contributed by atoms with Crippen LogP contribution in [0.15, 0.2) is 146 Å². The summed E-state index contributed by atoms with van der Waals surface area (Å²) in [6, 6.07) is 55.0. The quantitative estimate of drug-likeness (QED) is 0.0913. The molecule has 3 heterocycles. The summed E-state index contributed by atoms with van der Waals surface area (Å²) >= 11 is 0. The zero-order chi connectivity index (χ0) is 46.6. The van der Waals surface area contributed by atoms with Crippen LogP contribution in [-0.2, 0) is 25.7 Å². The second kappa shape index (κ2) is 19.9. The molecule has 7 aromatic carbocycles. The second-order valence-corrected chi connectivity index (χ2v) is 18.5. The molecule has 0 unspecified atom stereocenters. The first-order valence-electron chi connectivity index (χ1n) is 25.1. The van der Waals surface area contributed by atoms with E-state index < -0.39 is 0 Å². The van der Waals surface area contributed by atoms with E-state index >= 15 is 0 Å². The molecule has 0 amide bonds. The number of para-hydroxylation sites is 3. The van der Waals surface area contributed by atoms with Crippen molar-refractivity contribution in [3.63, 3.8) is 0 Å². The third-order valence-corrected chi connectivity index (χ3v) is 13.6. The lowest BCUT2D eigenvalue weighted by Crippen LogP contribution is -2.03. The van der Waals surface area contributed by atoms with E-state index in [2.05, 4.69) is 182 Å². The molecule has 0 aliphatic rings. The highest BCUT2D eigenvalue weighted by atomic mass is 15.0. The van der Waals surface area contributed by atoms with Gasteiger partial charge in [0.1, 0.15) is 6.07 Å². The topological polar surface area (TPSA) is 72.3 Å². The minimum absolute atomic E-state index is 0.548. The van der Waals surface area contributed by atoms with Crippen LogP contribution in [0.3, 0.4) is 0 Å². The Morgan fingerprint density at radius 3 is 1.31 bits per heavy atom. The lowest BCUT2D eigenvalue weighted by atomic mass is 9.97. The van der Waals surface area contributed by atoms with Crippen molar-refractivity contribution in [3.05, 3.63) is 173 Å². The average Bonchev–Trinajstić information content (AvgIpc) is 3.91. The maximum absolute atomic E-state index is 11.1. The number of nitriles is 1. The van der Waals surface area contributed by atoms with Gasteiger partial charge in [-0.15, -0.1) is 0 Å². The van der Waals surface area contributed by atoms with Crippen LogP contribution in [0.1, 0.15) is 107 Å². The predicted octanol–water partition coefficient (Wildman–Crippen LogP) is 16.3. The van der Waals surface area contributed by atoms with Gasteiger partial charge in [0, 0.05) is 43.9 Å². The number of unbranched alkanes of at least 4 members (excludes halogenated alkanes) is 4. The van der Waals surface area contributed by atoms with Gasteiger partial charge >= 0.3 is 0 Å². The molecule has 0 radical (unpaired) electrons. The number of fused-ring (bicyclic) bond motifs is 7. The van der Waals surface area contributed by atoms with Gasteiger partial charge in [-0.25, -0.2) is 15.0 Å². The standard InChI is InChI=1S/C62H60N6/c1-5-9-20-42-34-43(21-10-6-2)37-47(36-42)61-64-60(65-62(66-61)48-38-44(22-11-7-3)35-45(39-48)23-12-8-4)46-30-31-53(49(40-46)41-63)68-55-29-19-17-27-52(55)59-57(68)33-32-56-58(59)51-26-16-18-28-54(51)67(56)50-24-14-13-15-25-50/h13-19,24-40H,5-12,20-23H2,1-4H3. The zero-order valence-corrected chi connectivity index (χ0v) is 40.0. The van der Waals surface area contributed by atoms with Crippen LogP contribution >= 0.6 is 0 Å². The maximum Gasteiger partial charge on any atom is 0.164 e. The highest BCUT2D eigenvalue weighted by Gasteiger charge is 2.23. The molecular weight excluding hydrogens is 829 g/mol. The van der Waals surface area contributed by atoms with Crippen LogP contribution in [0.25, 0.3) is 89.2 Å². The number of benzene rings is 7. The zero-order valence-electron chi connectivity index (χ0n) is 40.0. The van der Waals surface area contributed by atoms with Gasteiger partial charge in [-0.1, -0.05) is 120 Å². The fourth-order valence-corrected chi connectivity index (χ4v) is 10.2. The molecule has 0 saturated heterocycles. The van der Waals surface area contributed by atoms with E-state index in [9.17, 15) is 5.26 Å². The van der Waals surface area contributed by atoms with Crippen LogP contribution in [0.5, 0.6) is 0 Å². The molecule has 68 heavy (non-hydrogen) atoms. The molecule has 0 bridgehead atoms. The van der Waals surface area contributed by atoms with E-state index in [1.54, 1.807) is 0 Å². The minimum Gasteiger partial charge on any atom is -0.309 e. The summed E-state index contributed by atoms with van der Waals surface area (Å²) in [4.78, 5) is 15.9. The van der Waals surface area contributed by atoms with Crippen molar-refractivity contribution >= 4 is 43.6 Å². The number of rotatable bonds is 17. The number of hydrogen-bond donors (Lipinski definition) is 0. The van der Waals surface area contributed by atoms with Crippen molar-refractivity contribution in [3.8, 4) is 51.6 Å². The first-order valence-corrected chi connectivity index (χ1v) is 25.1. The van der Waals surface area contributed by atoms with E-state index in [1.807, 2.05) is 6.07 Å². The highest BCUT2D eigenvalue weighted by Crippen LogP contribution is 2.43. The third-order valence-electron chi connectivity index (χ3n) is 13.6. The molecule has 6 nitrogen and oxygen atoms in total. The smallest absolute Gasteiger partial charge is 0.164 e. The van der Waals surface area contributed by atoms with Crippen molar-refractivity contribution in [1.29, 1.82) is 5.26 Å². The molecule has 0 N–H and O–H groups in total. The van der Waals surface area contributed by atoms with Gasteiger partial charge in [0.05, 0.1) is 33.3 Å². The SMILES string of the molecule is CCCCc1cc(CCCC)cc(-c2nc(-c3cc(CCCC)cc(CCCC)c3)nc(-c3ccc(-n4c5ccccc5c5c6c7ccccc7n(-c7ccccc7)c6ccc54)c(C#N)c3)n2)c1. The van der Waals surface area contributed by atoms with E-state index in [4.69, 9.17) is 15.0 Å². The summed E-state index contributed by atoms with van der Waals surface area (Å²) in [5.41, 5.74) is 15.0. The lowest BCUT2D eigenvalue weighted by molar-refractivity contribution is 0.780. The fraction of sp³-hybridized carbons (Fsp3) is 0.258.